The number of hydrogen-bond acceptors (Lipinski definition) is 4. The normalized spacial score (nSPS) is 14.6. The molecule has 0 aromatic heterocycles. The van der Waals surface area contributed by atoms with Gasteiger partial charge < -0.3 is 15.0 Å². The highest BCUT2D eigenvalue weighted by molar-refractivity contribution is 7.99. The number of carbonyl (C=O) groups is 2. The lowest BCUT2D eigenvalue weighted by atomic mass is 10.1. The maximum absolute atomic E-state index is 13.9. The Morgan fingerprint density at radius 3 is 2.64 bits per heavy atom. The Morgan fingerprint density at radius 2 is 1.94 bits per heavy atom. The summed E-state index contributed by atoms with van der Waals surface area (Å²) in [6.45, 7) is 2.24. The van der Waals surface area contributed by atoms with Gasteiger partial charge in [0.2, 0.25) is 11.8 Å². The summed E-state index contributed by atoms with van der Waals surface area (Å²) in [6.07, 6.45) is 4.75. The minimum Gasteiger partial charge on any atom is -0.497 e. The van der Waals surface area contributed by atoms with Gasteiger partial charge in [0, 0.05) is 18.3 Å². The number of thioether (sulfide) groups is 1. The molecule has 2 aromatic carbocycles. The number of nitrogens with zero attached hydrogens (tertiary/aromatic N) is 1. The Morgan fingerprint density at radius 1 is 1.18 bits per heavy atom. The molecule has 33 heavy (non-hydrogen) atoms. The van der Waals surface area contributed by atoms with E-state index in [9.17, 15) is 14.0 Å². The van der Waals surface area contributed by atoms with Gasteiger partial charge in [-0.15, -0.1) is 11.8 Å². The average Bonchev–Trinajstić information content (AvgIpc) is 3.33. The van der Waals surface area contributed by atoms with Crippen molar-refractivity contribution in [2.45, 2.75) is 63.4 Å². The molecule has 0 unspecified atom stereocenters. The summed E-state index contributed by atoms with van der Waals surface area (Å²) in [7, 11) is 1.60. The van der Waals surface area contributed by atoms with Crippen molar-refractivity contribution < 1.29 is 18.7 Å². The molecule has 1 atom stereocenters. The summed E-state index contributed by atoms with van der Waals surface area (Å²) >= 11 is 1.36. The van der Waals surface area contributed by atoms with Crippen molar-refractivity contribution in [3.8, 4) is 5.75 Å². The zero-order chi connectivity index (χ0) is 23.6. The number of benzene rings is 2. The predicted octanol–water partition coefficient (Wildman–Crippen LogP) is 4.93. The van der Waals surface area contributed by atoms with Crippen LogP contribution in [0.2, 0.25) is 0 Å². The molecule has 1 aliphatic carbocycles. The summed E-state index contributed by atoms with van der Waals surface area (Å²) < 4.78 is 19.3. The topological polar surface area (TPSA) is 58.6 Å². The highest BCUT2D eigenvalue weighted by atomic mass is 32.2. The zero-order valence-electron chi connectivity index (χ0n) is 19.4. The van der Waals surface area contributed by atoms with Crippen molar-refractivity contribution in [3.05, 3.63) is 65.5 Å². The van der Waals surface area contributed by atoms with Gasteiger partial charge >= 0.3 is 0 Å². The Bertz CT molecular complexity index is 933. The molecule has 0 saturated heterocycles. The Kier molecular flexibility index (Phi) is 9.61. The largest absolute Gasteiger partial charge is 0.497 e. The first kappa shape index (κ1) is 25.1. The Balaban J connectivity index is 1.73. The van der Waals surface area contributed by atoms with Crippen LogP contribution in [0.4, 0.5) is 4.39 Å². The fourth-order valence-corrected chi connectivity index (χ4v) is 5.10. The molecule has 1 fully saturated rings. The van der Waals surface area contributed by atoms with E-state index in [1.54, 1.807) is 30.2 Å². The molecular weight excluding hydrogens is 439 g/mol. The van der Waals surface area contributed by atoms with Crippen LogP contribution in [0.5, 0.6) is 5.75 Å². The SMILES string of the molecule is CC[C@@H](C(=O)NC1CCCC1)N(Cc1cccc(OC)c1)C(=O)CSCc1ccccc1F. The lowest BCUT2D eigenvalue weighted by Crippen LogP contribution is -2.51. The highest BCUT2D eigenvalue weighted by Crippen LogP contribution is 2.22. The summed E-state index contributed by atoms with van der Waals surface area (Å²) in [4.78, 5) is 28.1. The van der Waals surface area contributed by atoms with Gasteiger partial charge in [0.25, 0.3) is 0 Å². The third kappa shape index (κ3) is 7.22. The van der Waals surface area contributed by atoms with E-state index in [-0.39, 0.29) is 29.4 Å². The molecule has 0 aliphatic heterocycles. The van der Waals surface area contributed by atoms with Crippen LogP contribution in [0.1, 0.15) is 50.2 Å². The summed E-state index contributed by atoms with van der Waals surface area (Å²) in [5.41, 5.74) is 1.47. The predicted molar refractivity (Wildman–Crippen MR) is 131 cm³/mol. The number of amides is 2. The van der Waals surface area contributed by atoms with E-state index < -0.39 is 6.04 Å². The molecular formula is C26H33FN2O3S. The quantitative estimate of drug-likeness (QED) is 0.504. The van der Waals surface area contributed by atoms with Gasteiger partial charge in [-0.1, -0.05) is 50.1 Å². The first-order valence-corrected chi connectivity index (χ1v) is 12.7. The fraction of sp³-hybridized carbons (Fsp3) is 0.462. The van der Waals surface area contributed by atoms with E-state index in [4.69, 9.17) is 4.74 Å². The third-order valence-electron chi connectivity index (χ3n) is 6.02. The molecule has 2 aromatic rings. The third-order valence-corrected chi connectivity index (χ3v) is 6.98. The minimum absolute atomic E-state index is 0.0975. The second-order valence-electron chi connectivity index (χ2n) is 8.37. The molecule has 5 nitrogen and oxygen atoms in total. The molecule has 1 saturated carbocycles. The highest BCUT2D eigenvalue weighted by Gasteiger charge is 2.30. The number of rotatable bonds is 11. The van der Waals surface area contributed by atoms with Crippen LogP contribution < -0.4 is 10.1 Å². The van der Waals surface area contributed by atoms with E-state index in [1.165, 1.54) is 17.8 Å². The van der Waals surface area contributed by atoms with E-state index >= 15 is 0 Å². The number of methoxy groups -OCH3 is 1. The lowest BCUT2D eigenvalue weighted by Gasteiger charge is -2.31. The van der Waals surface area contributed by atoms with Crippen LogP contribution in [0.3, 0.4) is 0 Å². The van der Waals surface area contributed by atoms with Crippen molar-refractivity contribution >= 4 is 23.6 Å². The first-order valence-electron chi connectivity index (χ1n) is 11.6. The minimum atomic E-state index is -0.557. The van der Waals surface area contributed by atoms with Crippen LogP contribution >= 0.6 is 11.8 Å². The molecule has 0 spiro atoms. The van der Waals surface area contributed by atoms with Crippen LogP contribution in [0.15, 0.2) is 48.5 Å². The molecule has 3 rings (SSSR count). The molecule has 0 bridgehead atoms. The van der Waals surface area contributed by atoms with Gasteiger partial charge in [-0.2, -0.15) is 0 Å². The van der Waals surface area contributed by atoms with Crippen molar-refractivity contribution in [3.63, 3.8) is 0 Å². The van der Waals surface area contributed by atoms with Gasteiger partial charge in [0.05, 0.1) is 12.9 Å². The van der Waals surface area contributed by atoms with Crippen LogP contribution in [0, 0.1) is 5.82 Å². The second kappa shape index (κ2) is 12.6. The number of carbonyl (C=O) groups excluding carboxylic acids is 2. The van der Waals surface area contributed by atoms with Crippen molar-refractivity contribution in [2.75, 3.05) is 12.9 Å². The lowest BCUT2D eigenvalue weighted by molar-refractivity contribution is -0.139. The Labute approximate surface area is 200 Å². The fourth-order valence-electron chi connectivity index (χ4n) is 4.20. The molecule has 2 amide bonds. The number of halogens is 1. The standard InChI is InChI=1S/C26H33FN2O3S/c1-3-24(26(31)28-21-11-5-6-12-21)29(16-19-9-8-13-22(15-19)32-2)25(30)18-33-17-20-10-4-7-14-23(20)27/h4,7-10,13-15,21,24H,3,5-6,11-12,16-18H2,1-2H3,(H,28,31)/t24-/m0/s1. The summed E-state index contributed by atoms with van der Waals surface area (Å²) in [5.74, 6) is 0.778. The van der Waals surface area contributed by atoms with Gasteiger partial charge in [-0.25, -0.2) is 4.39 Å². The van der Waals surface area contributed by atoms with Gasteiger partial charge in [0.15, 0.2) is 0 Å². The smallest absolute Gasteiger partial charge is 0.243 e. The maximum Gasteiger partial charge on any atom is 0.243 e. The van der Waals surface area contributed by atoms with Gasteiger partial charge in [-0.05, 0) is 48.6 Å². The zero-order valence-corrected chi connectivity index (χ0v) is 20.2. The molecule has 1 N–H and O–H groups in total. The second-order valence-corrected chi connectivity index (χ2v) is 9.36. The van der Waals surface area contributed by atoms with Crippen molar-refractivity contribution in [1.29, 1.82) is 0 Å². The van der Waals surface area contributed by atoms with E-state index in [0.717, 1.165) is 31.2 Å². The van der Waals surface area contributed by atoms with E-state index in [2.05, 4.69) is 5.32 Å². The molecule has 178 valence electrons. The van der Waals surface area contributed by atoms with Crippen LogP contribution in [0.25, 0.3) is 0 Å². The molecule has 1 aliphatic rings. The van der Waals surface area contributed by atoms with Crippen molar-refractivity contribution in [1.82, 2.24) is 10.2 Å². The van der Waals surface area contributed by atoms with Crippen LogP contribution in [-0.4, -0.2) is 41.7 Å². The monoisotopic (exact) mass is 472 g/mol. The summed E-state index contributed by atoms with van der Waals surface area (Å²) in [5, 5.41) is 3.15. The van der Waals surface area contributed by atoms with E-state index in [0.29, 0.717) is 30.0 Å². The van der Waals surface area contributed by atoms with E-state index in [1.807, 2.05) is 31.2 Å². The average molecular weight is 473 g/mol. The molecule has 7 heteroatoms. The number of nitrogens with one attached hydrogen (secondary N) is 1. The number of ether oxygens (including phenoxy) is 1. The van der Waals surface area contributed by atoms with Gasteiger partial charge in [-0.3, -0.25) is 9.59 Å². The molecule has 0 heterocycles. The summed E-state index contributed by atoms with van der Waals surface area (Å²) in [6, 6.07) is 13.8. The number of hydrogen-bond donors (Lipinski definition) is 1. The van der Waals surface area contributed by atoms with Crippen molar-refractivity contribution in [2.24, 2.45) is 0 Å². The van der Waals surface area contributed by atoms with Crippen LogP contribution in [-0.2, 0) is 21.9 Å². The maximum atomic E-state index is 13.9. The Hall–Kier alpha value is -2.54. The van der Waals surface area contributed by atoms with Gasteiger partial charge in [0.1, 0.15) is 17.6 Å². The first-order chi connectivity index (χ1) is 16.0. The molecule has 0 radical (unpaired) electrons.